The van der Waals surface area contributed by atoms with Crippen LogP contribution in [-0.4, -0.2) is 12.4 Å². The Labute approximate surface area is 118 Å². The quantitative estimate of drug-likeness (QED) is 0.770. The molecule has 20 heavy (non-hydrogen) atoms. The summed E-state index contributed by atoms with van der Waals surface area (Å²) in [4.78, 5) is 12.4. The Morgan fingerprint density at radius 1 is 1.20 bits per heavy atom. The number of halogens is 1. The topological polar surface area (TPSA) is 26.3 Å². The first-order valence-corrected chi connectivity index (χ1v) is 6.62. The van der Waals surface area contributed by atoms with Gasteiger partial charge in [0.2, 0.25) is 0 Å². The lowest BCUT2D eigenvalue weighted by Gasteiger charge is -2.10. The third-order valence-electron chi connectivity index (χ3n) is 3.15. The lowest BCUT2D eigenvalue weighted by Crippen LogP contribution is -2.08. The van der Waals surface area contributed by atoms with Gasteiger partial charge >= 0.3 is 0 Å². The summed E-state index contributed by atoms with van der Waals surface area (Å²) >= 11 is 0. The Morgan fingerprint density at radius 3 is 2.70 bits per heavy atom. The van der Waals surface area contributed by atoms with Crippen molar-refractivity contribution in [2.24, 2.45) is 0 Å². The van der Waals surface area contributed by atoms with Gasteiger partial charge in [-0.25, -0.2) is 4.39 Å². The summed E-state index contributed by atoms with van der Waals surface area (Å²) in [5.74, 6) is 0.188. The van der Waals surface area contributed by atoms with Gasteiger partial charge in [0, 0.05) is 6.42 Å². The molecule has 0 aromatic heterocycles. The van der Waals surface area contributed by atoms with Gasteiger partial charge in [-0.15, -0.1) is 0 Å². The SMILES string of the molecule is CCOc1ccccc1C(=O)Cc1cc(F)ccc1C. The number of ether oxygens (including phenoxy) is 1. The van der Waals surface area contributed by atoms with Gasteiger partial charge in [0.25, 0.3) is 0 Å². The van der Waals surface area contributed by atoms with Crippen molar-refractivity contribution in [3.05, 3.63) is 65.0 Å². The molecule has 0 aliphatic rings. The van der Waals surface area contributed by atoms with E-state index in [1.807, 2.05) is 19.9 Å². The Bertz CT molecular complexity index is 620. The van der Waals surface area contributed by atoms with E-state index in [9.17, 15) is 9.18 Å². The number of aryl methyl sites for hydroxylation is 1. The van der Waals surface area contributed by atoms with Crippen LogP contribution in [0.2, 0.25) is 0 Å². The normalized spacial score (nSPS) is 10.3. The lowest BCUT2D eigenvalue weighted by atomic mass is 9.99. The fraction of sp³-hybridized carbons (Fsp3) is 0.235. The van der Waals surface area contributed by atoms with Crippen molar-refractivity contribution in [1.29, 1.82) is 0 Å². The molecular formula is C17H17FO2. The van der Waals surface area contributed by atoms with E-state index < -0.39 is 0 Å². The van der Waals surface area contributed by atoms with Gasteiger partial charge in [-0.05, 0) is 49.2 Å². The third kappa shape index (κ3) is 3.23. The van der Waals surface area contributed by atoms with Crippen molar-refractivity contribution in [2.75, 3.05) is 6.61 Å². The predicted octanol–water partition coefficient (Wildman–Crippen LogP) is 3.96. The standard InChI is InChI=1S/C17H17FO2/c1-3-20-17-7-5-4-6-15(17)16(19)11-13-10-14(18)9-8-12(13)2/h4-10H,3,11H2,1-2H3. The number of carbonyl (C=O) groups is 1. The summed E-state index contributed by atoms with van der Waals surface area (Å²) in [6, 6.07) is 11.6. The molecule has 0 spiro atoms. The molecule has 3 heteroatoms. The van der Waals surface area contributed by atoms with E-state index in [1.54, 1.807) is 24.3 Å². The summed E-state index contributed by atoms with van der Waals surface area (Å²) < 4.78 is 18.7. The molecule has 0 aliphatic heterocycles. The first kappa shape index (κ1) is 14.3. The van der Waals surface area contributed by atoms with Gasteiger partial charge in [0.05, 0.1) is 12.2 Å². The van der Waals surface area contributed by atoms with Crippen LogP contribution >= 0.6 is 0 Å². The predicted molar refractivity (Wildman–Crippen MR) is 76.8 cm³/mol. The number of hydrogen-bond acceptors (Lipinski definition) is 2. The van der Waals surface area contributed by atoms with Crippen LogP contribution in [0.3, 0.4) is 0 Å². The lowest BCUT2D eigenvalue weighted by molar-refractivity contribution is 0.0989. The number of hydrogen-bond donors (Lipinski definition) is 0. The average molecular weight is 272 g/mol. The molecule has 0 atom stereocenters. The van der Waals surface area contributed by atoms with E-state index in [0.29, 0.717) is 23.5 Å². The van der Waals surface area contributed by atoms with Crippen LogP contribution in [0.5, 0.6) is 5.75 Å². The van der Waals surface area contributed by atoms with Crippen LogP contribution in [0.1, 0.15) is 28.4 Å². The van der Waals surface area contributed by atoms with E-state index in [4.69, 9.17) is 4.74 Å². The highest BCUT2D eigenvalue weighted by molar-refractivity contribution is 6.00. The summed E-state index contributed by atoms with van der Waals surface area (Å²) in [7, 11) is 0. The minimum Gasteiger partial charge on any atom is -0.493 e. The van der Waals surface area contributed by atoms with E-state index in [2.05, 4.69) is 0 Å². The van der Waals surface area contributed by atoms with Gasteiger partial charge in [-0.1, -0.05) is 18.2 Å². The van der Waals surface area contributed by atoms with Crippen LogP contribution in [0.4, 0.5) is 4.39 Å². The molecule has 0 bridgehead atoms. The first-order valence-electron chi connectivity index (χ1n) is 6.62. The molecule has 0 heterocycles. The highest BCUT2D eigenvalue weighted by atomic mass is 19.1. The van der Waals surface area contributed by atoms with Crippen LogP contribution in [0, 0.1) is 12.7 Å². The summed E-state index contributed by atoms with van der Waals surface area (Å²) in [5.41, 5.74) is 2.16. The Balaban J connectivity index is 2.26. The van der Waals surface area contributed by atoms with Crippen molar-refractivity contribution in [3.8, 4) is 5.75 Å². The van der Waals surface area contributed by atoms with E-state index >= 15 is 0 Å². The Hall–Kier alpha value is -2.16. The second kappa shape index (κ2) is 6.33. The Morgan fingerprint density at radius 2 is 1.95 bits per heavy atom. The third-order valence-corrected chi connectivity index (χ3v) is 3.15. The summed E-state index contributed by atoms with van der Waals surface area (Å²) in [6.45, 7) is 4.25. The van der Waals surface area contributed by atoms with Gasteiger partial charge in [0.1, 0.15) is 11.6 Å². The molecule has 0 unspecified atom stereocenters. The molecule has 104 valence electrons. The zero-order chi connectivity index (χ0) is 14.5. The number of rotatable bonds is 5. The maximum Gasteiger partial charge on any atom is 0.170 e. The second-order valence-electron chi connectivity index (χ2n) is 4.60. The van der Waals surface area contributed by atoms with Gasteiger partial charge in [0.15, 0.2) is 5.78 Å². The molecule has 2 aromatic carbocycles. The molecule has 0 aliphatic carbocycles. The maximum atomic E-state index is 13.3. The molecule has 0 fully saturated rings. The van der Waals surface area contributed by atoms with Crippen molar-refractivity contribution in [3.63, 3.8) is 0 Å². The number of Topliss-reactive ketones (excluding diaryl/α,β-unsaturated/α-hetero) is 1. The second-order valence-corrected chi connectivity index (χ2v) is 4.60. The molecule has 0 radical (unpaired) electrons. The molecular weight excluding hydrogens is 255 g/mol. The largest absolute Gasteiger partial charge is 0.493 e. The monoisotopic (exact) mass is 272 g/mol. The maximum absolute atomic E-state index is 13.3. The molecule has 0 saturated carbocycles. The van der Waals surface area contributed by atoms with Crippen molar-refractivity contribution in [2.45, 2.75) is 20.3 Å². The molecule has 2 aromatic rings. The zero-order valence-corrected chi connectivity index (χ0v) is 11.7. The molecule has 0 saturated heterocycles. The van der Waals surface area contributed by atoms with Gasteiger partial charge in [-0.3, -0.25) is 4.79 Å². The number of para-hydroxylation sites is 1. The minimum absolute atomic E-state index is 0.0669. The fourth-order valence-electron chi connectivity index (χ4n) is 2.08. The summed E-state index contributed by atoms with van der Waals surface area (Å²) in [6.07, 6.45) is 0.174. The molecule has 0 amide bonds. The fourth-order valence-corrected chi connectivity index (χ4v) is 2.08. The number of benzene rings is 2. The van der Waals surface area contributed by atoms with Crippen LogP contribution in [0.25, 0.3) is 0 Å². The van der Waals surface area contributed by atoms with Crippen molar-refractivity contribution in [1.82, 2.24) is 0 Å². The highest BCUT2D eigenvalue weighted by Gasteiger charge is 2.14. The van der Waals surface area contributed by atoms with Gasteiger partial charge in [-0.2, -0.15) is 0 Å². The average Bonchev–Trinajstić information content (AvgIpc) is 2.44. The van der Waals surface area contributed by atoms with E-state index in [-0.39, 0.29) is 18.0 Å². The zero-order valence-electron chi connectivity index (χ0n) is 11.7. The van der Waals surface area contributed by atoms with Crippen LogP contribution < -0.4 is 4.74 Å². The minimum atomic E-state index is -0.323. The van der Waals surface area contributed by atoms with Crippen molar-refractivity contribution >= 4 is 5.78 Å². The van der Waals surface area contributed by atoms with E-state index in [1.165, 1.54) is 12.1 Å². The highest BCUT2D eigenvalue weighted by Crippen LogP contribution is 2.21. The summed E-state index contributed by atoms with van der Waals surface area (Å²) in [5, 5.41) is 0. The van der Waals surface area contributed by atoms with Crippen molar-refractivity contribution < 1.29 is 13.9 Å². The van der Waals surface area contributed by atoms with Crippen LogP contribution in [-0.2, 0) is 6.42 Å². The first-order chi connectivity index (χ1) is 9.61. The molecule has 2 nitrogen and oxygen atoms in total. The Kier molecular flexibility index (Phi) is 4.51. The van der Waals surface area contributed by atoms with Crippen LogP contribution in [0.15, 0.2) is 42.5 Å². The number of ketones is 1. The smallest absolute Gasteiger partial charge is 0.170 e. The number of carbonyl (C=O) groups excluding carboxylic acids is 1. The molecule has 2 rings (SSSR count). The molecule has 0 N–H and O–H groups in total. The van der Waals surface area contributed by atoms with E-state index in [0.717, 1.165) is 5.56 Å². The van der Waals surface area contributed by atoms with Gasteiger partial charge < -0.3 is 4.74 Å².